The van der Waals surface area contributed by atoms with Crippen molar-refractivity contribution in [2.75, 3.05) is 20.1 Å². The lowest BCUT2D eigenvalue weighted by Crippen LogP contribution is -2.48. The summed E-state index contributed by atoms with van der Waals surface area (Å²) in [5, 5.41) is 10.5. The molecule has 1 saturated heterocycles. The third kappa shape index (κ3) is 3.55. The smallest absolute Gasteiger partial charge is 0.254 e. The van der Waals surface area contributed by atoms with Crippen LogP contribution in [0.2, 0.25) is 10.3 Å². The van der Waals surface area contributed by atoms with E-state index in [4.69, 9.17) is 23.2 Å². The van der Waals surface area contributed by atoms with Gasteiger partial charge in [0.25, 0.3) is 5.91 Å². The quantitative estimate of drug-likeness (QED) is 0.906. The summed E-state index contributed by atoms with van der Waals surface area (Å²) in [6.45, 7) is 4.06. The Bertz CT molecular complexity index is 483. The summed E-state index contributed by atoms with van der Waals surface area (Å²) in [5.41, 5.74) is 0.271. The zero-order valence-corrected chi connectivity index (χ0v) is 12.4. The standard InChI is InChI=1S/C12H16Cl2N4O/c1-7-6-18(2)4-3-9(7)15-12(19)8-5-10(13)16-17-11(8)14/h5,7,9H,3-4,6H2,1-2H3,(H,15,19). The topological polar surface area (TPSA) is 58.1 Å². The van der Waals surface area contributed by atoms with Gasteiger partial charge in [0.2, 0.25) is 0 Å². The van der Waals surface area contributed by atoms with Crippen LogP contribution in [0.3, 0.4) is 0 Å². The van der Waals surface area contributed by atoms with Crippen molar-refractivity contribution in [3.8, 4) is 0 Å². The number of hydrogen-bond acceptors (Lipinski definition) is 4. The number of piperidine rings is 1. The number of rotatable bonds is 2. The van der Waals surface area contributed by atoms with E-state index in [2.05, 4.69) is 34.4 Å². The van der Waals surface area contributed by atoms with Gasteiger partial charge in [-0.25, -0.2) is 0 Å². The van der Waals surface area contributed by atoms with Crippen molar-refractivity contribution in [2.24, 2.45) is 5.92 Å². The van der Waals surface area contributed by atoms with Gasteiger partial charge in [0, 0.05) is 12.6 Å². The second-order valence-corrected chi connectivity index (χ2v) is 5.72. The second kappa shape index (κ2) is 6.03. The molecule has 0 radical (unpaired) electrons. The highest BCUT2D eigenvalue weighted by Crippen LogP contribution is 2.19. The molecule has 1 aromatic rings. The second-order valence-electron chi connectivity index (χ2n) is 4.98. The van der Waals surface area contributed by atoms with Crippen LogP contribution >= 0.6 is 23.2 Å². The van der Waals surface area contributed by atoms with E-state index < -0.39 is 0 Å². The lowest BCUT2D eigenvalue weighted by Gasteiger charge is -2.35. The highest BCUT2D eigenvalue weighted by Gasteiger charge is 2.26. The Labute approximate surface area is 122 Å². The Hall–Kier alpha value is -0.910. The number of amides is 1. The maximum Gasteiger partial charge on any atom is 0.254 e. The van der Waals surface area contributed by atoms with E-state index in [0.29, 0.717) is 5.92 Å². The molecule has 1 aliphatic heterocycles. The molecule has 0 saturated carbocycles. The number of hydrogen-bond donors (Lipinski definition) is 1. The number of halogens is 2. The Kier molecular flexibility index (Phi) is 4.60. The van der Waals surface area contributed by atoms with E-state index in [1.165, 1.54) is 6.07 Å². The van der Waals surface area contributed by atoms with Crippen molar-refractivity contribution < 1.29 is 4.79 Å². The van der Waals surface area contributed by atoms with E-state index in [0.717, 1.165) is 19.5 Å². The van der Waals surface area contributed by atoms with E-state index >= 15 is 0 Å². The molecule has 104 valence electrons. The SMILES string of the molecule is CC1CN(C)CCC1NC(=O)c1cc(Cl)nnc1Cl. The maximum absolute atomic E-state index is 12.2. The van der Waals surface area contributed by atoms with Crippen LogP contribution in [-0.4, -0.2) is 47.2 Å². The fourth-order valence-corrected chi connectivity index (χ4v) is 2.65. The molecule has 2 heterocycles. The minimum atomic E-state index is -0.247. The first-order valence-electron chi connectivity index (χ1n) is 6.15. The molecule has 0 aliphatic carbocycles. The molecule has 0 spiro atoms. The van der Waals surface area contributed by atoms with Crippen LogP contribution in [0, 0.1) is 5.92 Å². The average Bonchev–Trinajstić information content (AvgIpc) is 2.35. The Morgan fingerprint density at radius 2 is 2.21 bits per heavy atom. The van der Waals surface area contributed by atoms with Gasteiger partial charge in [-0.1, -0.05) is 30.1 Å². The molecule has 2 rings (SSSR count). The van der Waals surface area contributed by atoms with Crippen LogP contribution in [-0.2, 0) is 0 Å². The molecule has 19 heavy (non-hydrogen) atoms. The first-order chi connectivity index (χ1) is 8.97. The predicted molar refractivity (Wildman–Crippen MR) is 74.6 cm³/mol. The van der Waals surface area contributed by atoms with E-state index in [1.807, 2.05) is 0 Å². The summed E-state index contributed by atoms with van der Waals surface area (Å²) >= 11 is 11.6. The molecule has 1 amide bonds. The number of nitrogens with zero attached hydrogens (tertiary/aromatic N) is 3. The number of carbonyl (C=O) groups excluding carboxylic acids is 1. The molecule has 2 unspecified atom stereocenters. The largest absolute Gasteiger partial charge is 0.349 e. The van der Waals surface area contributed by atoms with Crippen molar-refractivity contribution >= 4 is 29.1 Å². The van der Waals surface area contributed by atoms with Gasteiger partial charge in [-0.3, -0.25) is 4.79 Å². The van der Waals surface area contributed by atoms with E-state index in [-0.39, 0.29) is 27.8 Å². The van der Waals surface area contributed by atoms with Gasteiger partial charge >= 0.3 is 0 Å². The summed E-state index contributed by atoms with van der Waals surface area (Å²) in [7, 11) is 2.08. The van der Waals surface area contributed by atoms with E-state index in [9.17, 15) is 4.79 Å². The third-order valence-corrected chi connectivity index (χ3v) is 3.85. The fraction of sp³-hybridized carbons (Fsp3) is 0.583. The summed E-state index contributed by atoms with van der Waals surface area (Å²) in [4.78, 5) is 14.4. The minimum Gasteiger partial charge on any atom is -0.349 e. The normalized spacial score (nSPS) is 24.2. The van der Waals surface area contributed by atoms with Crippen LogP contribution in [0.1, 0.15) is 23.7 Å². The summed E-state index contributed by atoms with van der Waals surface area (Å²) in [6.07, 6.45) is 0.924. The van der Waals surface area contributed by atoms with Gasteiger partial charge < -0.3 is 10.2 Å². The van der Waals surface area contributed by atoms with Gasteiger partial charge in [-0.05, 0) is 32.0 Å². The molecule has 7 heteroatoms. The molecule has 0 aromatic carbocycles. The van der Waals surface area contributed by atoms with Crippen molar-refractivity contribution in [1.82, 2.24) is 20.4 Å². The molecule has 0 bridgehead atoms. The van der Waals surface area contributed by atoms with Crippen LogP contribution in [0.25, 0.3) is 0 Å². The molecule has 1 N–H and O–H groups in total. The highest BCUT2D eigenvalue weighted by molar-refractivity contribution is 6.34. The van der Waals surface area contributed by atoms with Gasteiger partial charge in [-0.15, -0.1) is 10.2 Å². The number of aromatic nitrogens is 2. The van der Waals surface area contributed by atoms with Crippen molar-refractivity contribution in [1.29, 1.82) is 0 Å². The lowest BCUT2D eigenvalue weighted by atomic mass is 9.94. The molecule has 1 aliphatic rings. The summed E-state index contributed by atoms with van der Waals surface area (Å²) in [6, 6.07) is 1.58. The zero-order valence-electron chi connectivity index (χ0n) is 10.9. The number of carbonyl (C=O) groups is 1. The molecule has 1 aromatic heterocycles. The molecule has 5 nitrogen and oxygen atoms in total. The van der Waals surface area contributed by atoms with Gasteiger partial charge in [0.05, 0.1) is 5.56 Å². The first kappa shape index (κ1) is 14.5. The molecule has 2 atom stereocenters. The lowest BCUT2D eigenvalue weighted by molar-refractivity contribution is 0.0883. The number of likely N-dealkylation sites (tertiary alicyclic amines) is 1. The Morgan fingerprint density at radius 1 is 1.47 bits per heavy atom. The van der Waals surface area contributed by atoms with Crippen molar-refractivity contribution in [3.05, 3.63) is 21.9 Å². The average molecular weight is 303 g/mol. The third-order valence-electron chi connectivity index (χ3n) is 3.39. The molecular formula is C12H16Cl2N4O. The molecule has 1 fully saturated rings. The minimum absolute atomic E-state index is 0.0717. The fourth-order valence-electron chi connectivity index (χ4n) is 2.33. The van der Waals surface area contributed by atoms with Crippen LogP contribution < -0.4 is 5.32 Å². The summed E-state index contributed by atoms with van der Waals surface area (Å²) in [5.74, 6) is 0.148. The van der Waals surface area contributed by atoms with Crippen LogP contribution in [0.15, 0.2) is 6.07 Å². The first-order valence-corrected chi connectivity index (χ1v) is 6.91. The van der Waals surface area contributed by atoms with Crippen LogP contribution in [0.4, 0.5) is 0 Å². The Balaban J connectivity index is 2.06. The van der Waals surface area contributed by atoms with Crippen LogP contribution in [0.5, 0.6) is 0 Å². The molecular weight excluding hydrogens is 287 g/mol. The Morgan fingerprint density at radius 3 is 2.89 bits per heavy atom. The van der Waals surface area contributed by atoms with Gasteiger partial charge in [0.15, 0.2) is 10.3 Å². The van der Waals surface area contributed by atoms with E-state index in [1.54, 1.807) is 0 Å². The van der Waals surface area contributed by atoms with Gasteiger partial charge in [-0.2, -0.15) is 0 Å². The van der Waals surface area contributed by atoms with Crippen molar-refractivity contribution in [3.63, 3.8) is 0 Å². The maximum atomic E-state index is 12.2. The summed E-state index contributed by atoms with van der Waals surface area (Å²) < 4.78 is 0. The predicted octanol–water partition coefficient (Wildman–Crippen LogP) is 1.85. The highest BCUT2D eigenvalue weighted by atomic mass is 35.5. The zero-order chi connectivity index (χ0) is 14.0. The monoisotopic (exact) mass is 302 g/mol. The van der Waals surface area contributed by atoms with Gasteiger partial charge in [0.1, 0.15) is 0 Å². The number of nitrogens with one attached hydrogen (secondary N) is 1. The van der Waals surface area contributed by atoms with Crippen molar-refractivity contribution in [2.45, 2.75) is 19.4 Å².